The lowest BCUT2D eigenvalue weighted by atomic mass is 9.97. The molecular weight excluding hydrogens is 396 g/mol. The number of aromatic nitrogens is 2. The Balaban J connectivity index is 1.68. The molecule has 1 aliphatic rings. The molecular formula is C20H25ClN4O2S. The highest BCUT2D eigenvalue weighted by molar-refractivity contribution is 7.18. The molecule has 1 heterocycles. The van der Waals surface area contributed by atoms with E-state index in [0.29, 0.717) is 15.2 Å². The molecule has 1 aliphatic carbocycles. The molecule has 2 atom stereocenters. The topological polar surface area (TPSA) is 84.0 Å². The van der Waals surface area contributed by atoms with Crippen LogP contribution in [0.15, 0.2) is 24.3 Å². The van der Waals surface area contributed by atoms with Gasteiger partial charge in [0.25, 0.3) is 0 Å². The Morgan fingerprint density at radius 2 is 2.04 bits per heavy atom. The van der Waals surface area contributed by atoms with Crippen molar-refractivity contribution in [3.63, 3.8) is 0 Å². The van der Waals surface area contributed by atoms with Crippen LogP contribution in [0.4, 0.5) is 5.13 Å². The first kappa shape index (κ1) is 20.7. The van der Waals surface area contributed by atoms with E-state index in [9.17, 15) is 9.59 Å². The predicted molar refractivity (Wildman–Crippen MR) is 112 cm³/mol. The Hall–Kier alpha value is -1.99. The Kier molecular flexibility index (Phi) is 7.02. The highest BCUT2D eigenvalue weighted by Gasteiger charge is 2.30. The number of carbonyl (C=O) groups is 2. The average Bonchev–Trinajstić information content (AvgIpc) is 3.37. The lowest BCUT2D eigenvalue weighted by Gasteiger charge is -2.24. The minimum atomic E-state index is -0.586. The number of amides is 2. The summed E-state index contributed by atoms with van der Waals surface area (Å²) in [6.07, 6.45) is 4.75. The summed E-state index contributed by atoms with van der Waals surface area (Å²) in [5.41, 5.74) is 0.846. The van der Waals surface area contributed by atoms with Crippen molar-refractivity contribution in [1.82, 2.24) is 15.5 Å². The third kappa shape index (κ3) is 5.08. The number of benzene rings is 1. The number of rotatable bonds is 7. The van der Waals surface area contributed by atoms with Crippen molar-refractivity contribution in [3.05, 3.63) is 29.3 Å². The molecule has 3 rings (SSSR count). The maximum absolute atomic E-state index is 12.9. The average molecular weight is 421 g/mol. The molecule has 28 heavy (non-hydrogen) atoms. The second-order valence-corrected chi connectivity index (χ2v) is 8.68. The van der Waals surface area contributed by atoms with Gasteiger partial charge in [-0.25, -0.2) is 0 Å². The van der Waals surface area contributed by atoms with Gasteiger partial charge in [-0.3, -0.25) is 14.9 Å². The maximum atomic E-state index is 12.9. The number of hydrogen-bond donors (Lipinski definition) is 2. The minimum absolute atomic E-state index is 0.0187. The van der Waals surface area contributed by atoms with Crippen molar-refractivity contribution < 1.29 is 9.59 Å². The standard InChI is InChI=1S/C20H25ClN4O2S/c1-3-12(2)16(22-17(26)13-7-4-5-8-13)18(27)23-20-25-24-19(28-20)14-9-6-10-15(21)11-14/h6,9-13,16H,3-5,7-8H2,1-2H3,(H,22,26)(H,23,25,27)/t12-,16-/m0/s1. The third-order valence-corrected chi connectivity index (χ3v) is 6.37. The van der Waals surface area contributed by atoms with E-state index in [1.807, 2.05) is 26.0 Å². The van der Waals surface area contributed by atoms with E-state index in [-0.39, 0.29) is 23.7 Å². The van der Waals surface area contributed by atoms with Crippen LogP contribution in [0.2, 0.25) is 5.02 Å². The highest BCUT2D eigenvalue weighted by Crippen LogP contribution is 2.29. The van der Waals surface area contributed by atoms with Crippen LogP contribution in [0.5, 0.6) is 0 Å². The Bertz CT molecular complexity index is 835. The van der Waals surface area contributed by atoms with E-state index < -0.39 is 6.04 Å². The van der Waals surface area contributed by atoms with Crippen LogP contribution >= 0.6 is 22.9 Å². The first-order valence-electron chi connectivity index (χ1n) is 9.68. The lowest BCUT2D eigenvalue weighted by Crippen LogP contribution is -2.49. The van der Waals surface area contributed by atoms with Crippen molar-refractivity contribution in [1.29, 1.82) is 0 Å². The van der Waals surface area contributed by atoms with Gasteiger partial charge in [-0.2, -0.15) is 0 Å². The molecule has 2 amide bonds. The largest absolute Gasteiger partial charge is 0.344 e. The number of halogens is 1. The van der Waals surface area contributed by atoms with Gasteiger partial charge in [0.15, 0.2) is 0 Å². The Labute approximate surface area is 174 Å². The van der Waals surface area contributed by atoms with Crippen LogP contribution < -0.4 is 10.6 Å². The monoisotopic (exact) mass is 420 g/mol. The van der Waals surface area contributed by atoms with Crippen molar-refractivity contribution in [2.24, 2.45) is 11.8 Å². The third-order valence-electron chi connectivity index (χ3n) is 5.25. The van der Waals surface area contributed by atoms with Crippen LogP contribution in [-0.2, 0) is 9.59 Å². The zero-order valence-electron chi connectivity index (χ0n) is 16.1. The minimum Gasteiger partial charge on any atom is -0.344 e. The molecule has 0 aliphatic heterocycles. The van der Waals surface area contributed by atoms with Crippen LogP contribution in [0.1, 0.15) is 46.0 Å². The molecule has 150 valence electrons. The normalized spacial score (nSPS) is 16.5. The molecule has 1 saturated carbocycles. The van der Waals surface area contributed by atoms with Gasteiger partial charge in [0.2, 0.25) is 16.9 Å². The number of hydrogen-bond acceptors (Lipinski definition) is 5. The molecule has 0 saturated heterocycles. The number of anilines is 1. The molecule has 1 aromatic heterocycles. The van der Waals surface area contributed by atoms with Crippen molar-refractivity contribution in [2.75, 3.05) is 5.32 Å². The van der Waals surface area contributed by atoms with E-state index in [2.05, 4.69) is 20.8 Å². The molecule has 8 heteroatoms. The Morgan fingerprint density at radius 3 is 2.71 bits per heavy atom. The van der Waals surface area contributed by atoms with Crippen LogP contribution in [-0.4, -0.2) is 28.1 Å². The van der Waals surface area contributed by atoms with Crippen LogP contribution in [0.25, 0.3) is 10.6 Å². The van der Waals surface area contributed by atoms with Crippen molar-refractivity contribution >= 4 is 39.9 Å². The molecule has 2 N–H and O–H groups in total. The van der Waals surface area contributed by atoms with E-state index in [0.717, 1.165) is 37.7 Å². The van der Waals surface area contributed by atoms with Gasteiger partial charge in [-0.15, -0.1) is 10.2 Å². The van der Waals surface area contributed by atoms with Gasteiger partial charge in [0.05, 0.1) is 0 Å². The summed E-state index contributed by atoms with van der Waals surface area (Å²) in [6, 6.07) is 6.74. The Morgan fingerprint density at radius 1 is 1.29 bits per heavy atom. The van der Waals surface area contributed by atoms with E-state index in [1.54, 1.807) is 12.1 Å². The predicted octanol–water partition coefficient (Wildman–Crippen LogP) is 4.52. The second-order valence-electron chi connectivity index (χ2n) is 7.27. The molecule has 1 fully saturated rings. The van der Waals surface area contributed by atoms with Crippen LogP contribution in [0.3, 0.4) is 0 Å². The fourth-order valence-electron chi connectivity index (χ4n) is 3.36. The van der Waals surface area contributed by atoms with Gasteiger partial charge in [0.1, 0.15) is 11.0 Å². The van der Waals surface area contributed by atoms with Gasteiger partial charge in [0, 0.05) is 16.5 Å². The summed E-state index contributed by atoms with van der Waals surface area (Å²) in [7, 11) is 0. The van der Waals surface area contributed by atoms with Gasteiger partial charge in [-0.1, -0.05) is 68.2 Å². The summed E-state index contributed by atoms with van der Waals surface area (Å²) >= 11 is 7.31. The second kappa shape index (κ2) is 9.47. The van der Waals surface area contributed by atoms with E-state index in [4.69, 9.17) is 11.6 Å². The number of nitrogens with one attached hydrogen (secondary N) is 2. The molecule has 6 nitrogen and oxygen atoms in total. The number of carbonyl (C=O) groups excluding carboxylic acids is 2. The van der Waals surface area contributed by atoms with E-state index >= 15 is 0 Å². The molecule has 0 bridgehead atoms. The van der Waals surface area contributed by atoms with Crippen molar-refractivity contribution in [2.45, 2.75) is 52.0 Å². The fraction of sp³-hybridized carbons (Fsp3) is 0.500. The van der Waals surface area contributed by atoms with Gasteiger partial charge >= 0.3 is 0 Å². The van der Waals surface area contributed by atoms with Gasteiger partial charge < -0.3 is 5.32 Å². The first-order chi connectivity index (χ1) is 13.5. The van der Waals surface area contributed by atoms with Crippen LogP contribution in [0, 0.1) is 11.8 Å². The summed E-state index contributed by atoms with van der Waals surface area (Å²) in [5.74, 6) is -0.231. The summed E-state index contributed by atoms with van der Waals surface area (Å²) in [4.78, 5) is 25.4. The molecule has 1 aromatic carbocycles. The molecule has 0 spiro atoms. The maximum Gasteiger partial charge on any atom is 0.249 e. The molecule has 0 radical (unpaired) electrons. The van der Waals surface area contributed by atoms with E-state index in [1.165, 1.54) is 11.3 Å². The number of nitrogens with zero attached hydrogens (tertiary/aromatic N) is 2. The lowest BCUT2D eigenvalue weighted by molar-refractivity contribution is -0.130. The first-order valence-corrected chi connectivity index (χ1v) is 10.9. The molecule has 2 aromatic rings. The molecule has 0 unspecified atom stereocenters. The summed E-state index contributed by atoms with van der Waals surface area (Å²) in [6.45, 7) is 3.98. The quantitative estimate of drug-likeness (QED) is 0.689. The zero-order chi connectivity index (χ0) is 20.1. The van der Waals surface area contributed by atoms with Crippen molar-refractivity contribution in [3.8, 4) is 10.6 Å². The SMILES string of the molecule is CC[C@H](C)[C@H](NC(=O)C1CCCC1)C(=O)Nc1nnc(-c2cccc(Cl)c2)s1. The fourth-order valence-corrected chi connectivity index (χ4v) is 4.29. The highest BCUT2D eigenvalue weighted by atomic mass is 35.5. The van der Waals surface area contributed by atoms with Gasteiger partial charge in [-0.05, 0) is 30.9 Å². The summed E-state index contributed by atoms with van der Waals surface area (Å²) < 4.78 is 0. The zero-order valence-corrected chi connectivity index (χ0v) is 17.6. The smallest absolute Gasteiger partial charge is 0.249 e. The summed E-state index contributed by atoms with van der Waals surface area (Å²) in [5, 5.41) is 15.7.